The molecule has 1 aliphatic rings. The largest absolute Gasteiger partial charge is 0.397 e. The Labute approximate surface area is 174 Å². The lowest BCUT2D eigenvalue weighted by Crippen LogP contribution is -2.29. The molecule has 4 N–H and O–H groups in total. The maximum absolute atomic E-state index is 6.45. The summed E-state index contributed by atoms with van der Waals surface area (Å²) in [6.45, 7) is 3.97. The van der Waals surface area contributed by atoms with Crippen LogP contribution in [0.3, 0.4) is 0 Å². The van der Waals surface area contributed by atoms with E-state index >= 15 is 0 Å². The predicted molar refractivity (Wildman–Crippen MR) is 119 cm³/mol. The summed E-state index contributed by atoms with van der Waals surface area (Å²) in [6, 6.07) is 11.4. The van der Waals surface area contributed by atoms with Crippen LogP contribution >= 0.6 is 23.2 Å². The first-order valence-corrected chi connectivity index (χ1v) is 10.2. The average Bonchev–Trinajstić information content (AvgIpc) is 2.99. The van der Waals surface area contributed by atoms with Crippen molar-refractivity contribution in [1.29, 1.82) is 0 Å². The van der Waals surface area contributed by atoms with Crippen LogP contribution in [0.5, 0.6) is 0 Å². The van der Waals surface area contributed by atoms with Crippen molar-refractivity contribution in [1.82, 2.24) is 9.55 Å². The minimum atomic E-state index is 0.536. The number of anilines is 3. The van der Waals surface area contributed by atoms with Gasteiger partial charge in [0.15, 0.2) is 0 Å². The van der Waals surface area contributed by atoms with E-state index in [9.17, 15) is 0 Å². The van der Waals surface area contributed by atoms with E-state index in [2.05, 4.69) is 22.0 Å². The second kappa shape index (κ2) is 7.57. The smallest absolute Gasteiger partial charge is 0.148 e. The summed E-state index contributed by atoms with van der Waals surface area (Å²) in [7, 11) is 0. The Morgan fingerprint density at radius 2 is 1.71 bits per heavy atom. The number of nitrogen functional groups attached to an aromatic ring is 2. The zero-order valence-electron chi connectivity index (χ0n) is 15.8. The molecule has 5 nitrogen and oxygen atoms in total. The van der Waals surface area contributed by atoms with E-state index in [1.807, 2.05) is 17.6 Å². The molecule has 0 aliphatic carbocycles. The van der Waals surface area contributed by atoms with E-state index in [0.717, 1.165) is 30.0 Å². The van der Waals surface area contributed by atoms with Gasteiger partial charge in [-0.2, -0.15) is 0 Å². The van der Waals surface area contributed by atoms with Crippen LogP contribution in [0.1, 0.15) is 25.0 Å². The third-order valence-electron chi connectivity index (χ3n) is 5.24. The molecule has 7 heteroatoms. The van der Waals surface area contributed by atoms with Gasteiger partial charge in [-0.3, -0.25) is 4.57 Å². The van der Waals surface area contributed by atoms with Crippen molar-refractivity contribution in [3.05, 3.63) is 52.1 Å². The van der Waals surface area contributed by atoms with Crippen molar-refractivity contribution in [2.75, 3.05) is 29.5 Å². The topological polar surface area (TPSA) is 73.1 Å². The maximum atomic E-state index is 6.45. The highest BCUT2D eigenvalue weighted by Crippen LogP contribution is 2.37. The van der Waals surface area contributed by atoms with E-state index in [1.165, 1.54) is 19.3 Å². The number of nitrogens with zero attached hydrogens (tertiary/aromatic N) is 3. The van der Waals surface area contributed by atoms with E-state index in [1.54, 1.807) is 18.2 Å². The lowest BCUT2D eigenvalue weighted by molar-refractivity contribution is 0.578. The molecule has 3 aromatic rings. The van der Waals surface area contributed by atoms with E-state index in [4.69, 9.17) is 34.7 Å². The number of hydrogen-bond donors (Lipinski definition) is 2. The van der Waals surface area contributed by atoms with Crippen molar-refractivity contribution in [3.8, 4) is 17.1 Å². The van der Waals surface area contributed by atoms with Gasteiger partial charge in [-0.1, -0.05) is 23.2 Å². The zero-order chi connectivity index (χ0) is 19.8. The van der Waals surface area contributed by atoms with Crippen LogP contribution in [0.15, 0.2) is 36.4 Å². The van der Waals surface area contributed by atoms with Gasteiger partial charge < -0.3 is 16.4 Å². The minimum absolute atomic E-state index is 0.536. The molecule has 1 aliphatic heterocycles. The summed E-state index contributed by atoms with van der Waals surface area (Å²) in [5, 5.41) is 1.14. The molecule has 0 unspecified atom stereocenters. The van der Waals surface area contributed by atoms with Gasteiger partial charge in [0.05, 0.1) is 22.1 Å². The van der Waals surface area contributed by atoms with E-state index in [0.29, 0.717) is 33.1 Å². The molecule has 2 heterocycles. The standard InChI is InChI=1S/C21H23Cl2N5/c1-13-20(25)28(21(26-13)16-11-14(22)5-7-17(16)23)19-12-15(6-8-18(19)24)27-9-3-2-4-10-27/h5-8,11-12H,2-4,9-10,24-25H2,1H3. The number of aryl methyl sites for hydroxylation is 1. The lowest BCUT2D eigenvalue weighted by Gasteiger charge is -2.29. The first-order chi connectivity index (χ1) is 13.5. The summed E-state index contributed by atoms with van der Waals surface area (Å²) in [4.78, 5) is 7.06. The zero-order valence-corrected chi connectivity index (χ0v) is 17.3. The third kappa shape index (κ3) is 3.40. The second-order valence-electron chi connectivity index (χ2n) is 7.16. The molecule has 1 aromatic heterocycles. The molecule has 0 spiro atoms. The van der Waals surface area contributed by atoms with Crippen molar-refractivity contribution < 1.29 is 0 Å². The molecular weight excluding hydrogens is 393 g/mol. The minimum Gasteiger partial charge on any atom is -0.397 e. The quantitative estimate of drug-likeness (QED) is 0.568. The number of rotatable bonds is 3. The first-order valence-electron chi connectivity index (χ1n) is 9.41. The number of piperidine rings is 1. The average molecular weight is 416 g/mol. The van der Waals surface area contributed by atoms with Crippen molar-refractivity contribution in [2.45, 2.75) is 26.2 Å². The number of imidazole rings is 1. The van der Waals surface area contributed by atoms with Gasteiger partial charge >= 0.3 is 0 Å². The van der Waals surface area contributed by atoms with Crippen molar-refractivity contribution in [2.24, 2.45) is 0 Å². The van der Waals surface area contributed by atoms with Gasteiger partial charge in [-0.05, 0) is 62.6 Å². The monoisotopic (exact) mass is 415 g/mol. The van der Waals surface area contributed by atoms with Crippen molar-refractivity contribution in [3.63, 3.8) is 0 Å². The number of nitrogens with two attached hydrogens (primary N) is 2. The summed E-state index contributed by atoms with van der Waals surface area (Å²) >= 11 is 12.7. The van der Waals surface area contributed by atoms with Gasteiger partial charge in [0.1, 0.15) is 11.6 Å². The van der Waals surface area contributed by atoms with Gasteiger partial charge in [0.2, 0.25) is 0 Å². The molecule has 0 saturated carbocycles. The Morgan fingerprint density at radius 1 is 0.964 bits per heavy atom. The summed E-state index contributed by atoms with van der Waals surface area (Å²) in [5.74, 6) is 1.17. The van der Waals surface area contributed by atoms with Crippen LogP contribution in [-0.2, 0) is 0 Å². The number of aromatic nitrogens is 2. The molecule has 2 aromatic carbocycles. The Kier molecular flexibility index (Phi) is 5.13. The fourth-order valence-electron chi connectivity index (χ4n) is 3.71. The molecular formula is C21H23Cl2N5. The Bertz CT molecular complexity index is 1020. The molecule has 0 bridgehead atoms. The normalized spacial score (nSPS) is 14.5. The molecule has 0 amide bonds. The number of halogens is 2. The van der Waals surface area contributed by atoms with E-state index < -0.39 is 0 Å². The fraction of sp³-hybridized carbons (Fsp3) is 0.286. The van der Waals surface area contributed by atoms with Gasteiger partial charge in [0.25, 0.3) is 0 Å². The van der Waals surface area contributed by atoms with Crippen molar-refractivity contribution >= 4 is 40.4 Å². The molecule has 4 rings (SSSR count). The summed E-state index contributed by atoms with van der Waals surface area (Å²) in [6.07, 6.45) is 3.69. The second-order valence-corrected chi connectivity index (χ2v) is 8.00. The van der Waals surface area contributed by atoms with E-state index in [-0.39, 0.29) is 0 Å². The molecule has 0 atom stereocenters. The fourth-order valence-corrected chi connectivity index (χ4v) is 4.08. The number of benzene rings is 2. The maximum Gasteiger partial charge on any atom is 0.148 e. The lowest BCUT2D eigenvalue weighted by atomic mass is 10.1. The molecule has 0 radical (unpaired) electrons. The SMILES string of the molecule is Cc1nc(-c2cc(Cl)ccc2Cl)n(-c2cc(N3CCCCC3)ccc2N)c1N. The highest BCUT2D eigenvalue weighted by atomic mass is 35.5. The molecule has 28 heavy (non-hydrogen) atoms. The predicted octanol–water partition coefficient (Wildman–Crippen LogP) is 5.31. The Hall–Kier alpha value is -2.37. The van der Waals surface area contributed by atoms with Crippen LogP contribution in [-0.4, -0.2) is 22.6 Å². The molecule has 1 fully saturated rings. The number of hydrogen-bond acceptors (Lipinski definition) is 4. The highest BCUT2D eigenvalue weighted by Gasteiger charge is 2.21. The summed E-state index contributed by atoms with van der Waals surface area (Å²) in [5.41, 5.74) is 16.8. The highest BCUT2D eigenvalue weighted by molar-refractivity contribution is 6.35. The van der Waals surface area contributed by atoms with Crippen LogP contribution < -0.4 is 16.4 Å². The van der Waals surface area contributed by atoms with Crippen LogP contribution in [0, 0.1) is 6.92 Å². The summed E-state index contributed by atoms with van der Waals surface area (Å²) < 4.78 is 1.87. The van der Waals surface area contributed by atoms with Crippen LogP contribution in [0.2, 0.25) is 10.0 Å². The van der Waals surface area contributed by atoms with Gasteiger partial charge in [-0.25, -0.2) is 4.98 Å². The van der Waals surface area contributed by atoms with Crippen LogP contribution in [0.4, 0.5) is 17.2 Å². The Morgan fingerprint density at radius 3 is 2.46 bits per heavy atom. The van der Waals surface area contributed by atoms with Gasteiger partial charge in [0, 0.05) is 29.4 Å². The first kappa shape index (κ1) is 19.0. The molecule has 146 valence electrons. The Balaban J connectivity index is 1.89. The van der Waals surface area contributed by atoms with Gasteiger partial charge in [-0.15, -0.1) is 0 Å². The van der Waals surface area contributed by atoms with Crippen LogP contribution in [0.25, 0.3) is 17.1 Å². The molecule has 1 saturated heterocycles. The third-order valence-corrected chi connectivity index (χ3v) is 5.81.